The summed E-state index contributed by atoms with van der Waals surface area (Å²) in [6, 6.07) is 3.12. The fourth-order valence-corrected chi connectivity index (χ4v) is 1.62. The van der Waals surface area contributed by atoms with Gasteiger partial charge in [-0.15, -0.1) is 0 Å². The molecule has 0 aliphatic rings. The molecule has 0 aliphatic carbocycles. The zero-order chi connectivity index (χ0) is 16.3. The first-order valence-electron chi connectivity index (χ1n) is 6.61. The second-order valence-corrected chi connectivity index (χ2v) is 5.75. The normalized spacial score (nSPS) is 11.1. The Hall–Kier alpha value is -2.57. The third-order valence-corrected chi connectivity index (χ3v) is 2.58. The molecule has 0 fully saturated rings. The van der Waals surface area contributed by atoms with Crippen LogP contribution in [0.5, 0.6) is 0 Å². The summed E-state index contributed by atoms with van der Waals surface area (Å²) < 4.78 is 25.9. The Labute approximate surface area is 126 Å². The minimum Gasteiger partial charge on any atom is -0.350 e. The van der Waals surface area contributed by atoms with Gasteiger partial charge in [0.05, 0.1) is 5.56 Å². The van der Waals surface area contributed by atoms with E-state index in [1.54, 1.807) is 0 Å². The molecule has 0 spiro atoms. The number of anilines is 2. The molecule has 7 heteroatoms. The molecular weight excluding hydrogens is 290 g/mol. The Bertz CT molecular complexity index is 681. The lowest BCUT2D eigenvalue weighted by atomic mass is 10.1. The third-order valence-electron chi connectivity index (χ3n) is 2.58. The summed E-state index contributed by atoms with van der Waals surface area (Å²) in [4.78, 5) is 20.1. The van der Waals surface area contributed by atoms with Crippen LogP contribution in [-0.2, 0) is 0 Å². The molecule has 1 aromatic heterocycles. The summed E-state index contributed by atoms with van der Waals surface area (Å²) in [5.74, 6) is -2.11. The summed E-state index contributed by atoms with van der Waals surface area (Å²) in [6.07, 6.45) is 2.71. The first-order chi connectivity index (χ1) is 10.2. The first-order valence-corrected chi connectivity index (χ1v) is 6.61. The van der Waals surface area contributed by atoms with Crippen LogP contribution in [0.4, 0.5) is 20.4 Å². The SMILES string of the molecule is CC(C)(C)Nc1ncc(C(=O)Nc2ccc(F)c(F)c2)cn1. The molecule has 1 heterocycles. The van der Waals surface area contributed by atoms with Crippen LogP contribution in [-0.4, -0.2) is 21.4 Å². The molecule has 2 rings (SSSR count). The molecule has 0 bridgehead atoms. The predicted molar refractivity (Wildman–Crippen MR) is 79.7 cm³/mol. The van der Waals surface area contributed by atoms with E-state index in [1.165, 1.54) is 18.5 Å². The van der Waals surface area contributed by atoms with Crippen molar-refractivity contribution in [3.05, 3.63) is 47.8 Å². The van der Waals surface area contributed by atoms with Crippen LogP contribution in [0.2, 0.25) is 0 Å². The van der Waals surface area contributed by atoms with E-state index in [4.69, 9.17) is 0 Å². The zero-order valence-corrected chi connectivity index (χ0v) is 12.4. The maximum Gasteiger partial charge on any atom is 0.258 e. The fraction of sp³-hybridized carbons (Fsp3) is 0.267. The van der Waals surface area contributed by atoms with E-state index < -0.39 is 17.5 Å². The van der Waals surface area contributed by atoms with Crippen molar-refractivity contribution in [3.8, 4) is 0 Å². The first kappa shape index (κ1) is 15.8. The van der Waals surface area contributed by atoms with Crippen LogP contribution in [0.15, 0.2) is 30.6 Å². The Kier molecular flexibility index (Phi) is 4.35. The van der Waals surface area contributed by atoms with Crippen LogP contribution in [0, 0.1) is 11.6 Å². The second kappa shape index (κ2) is 6.05. The van der Waals surface area contributed by atoms with Crippen molar-refractivity contribution in [3.63, 3.8) is 0 Å². The van der Waals surface area contributed by atoms with E-state index in [1.807, 2.05) is 20.8 Å². The van der Waals surface area contributed by atoms with Gasteiger partial charge in [-0.1, -0.05) is 0 Å². The summed E-state index contributed by atoms with van der Waals surface area (Å²) >= 11 is 0. The van der Waals surface area contributed by atoms with Crippen LogP contribution >= 0.6 is 0 Å². The third kappa shape index (κ3) is 4.21. The maximum absolute atomic E-state index is 13.1. The van der Waals surface area contributed by atoms with Crippen LogP contribution in [0.1, 0.15) is 31.1 Å². The Balaban J connectivity index is 2.08. The van der Waals surface area contributed by atoms with Crippen molar-refractivity contribution in [2.75, 3.05) is 10.6 Å². The van der Waals surface area contributed by atoms with Gasteiger partial charge >= 0.3 is 0 Å². The summed E-state index contributed by atoms with van der Waals surface area (Å²) in [5, 5.41) is 5.51. The zero-order valence-electron chi connectivity index (χ0n) is 12.4. The fourth-order valence-electron chi connectivity index (χ4n) is 1.62. The van der Waals surface area contributed by atoms with Crippen molar-refractivity contribution in [2.24, 2.45) is 0 Å². The molecule has 0 atom stereocenters. The van der Waals surface area contributed by atoms with Gasteiger partial charge in [0.15, 0.2) is 11.6 Å². The van der Waals surface area contributed by atoms with Gasteiger partial charge in [0.2, 0.25) is 5.95 Å². The number of rotatable bonds is 3. The average molecular weight is 306 g/mol. The summed E-state index contributed by atoms with van der Waals surface area (Å²) in [6.45, 7) is 5.88. The van der Waals surface area contributed by atoms with Gasteiger partial charge in [0.25, 0.3) is 5.91 Å². The number of amides is 1. The van der Waals surface area contributed by atoms with E-state index in [9.17, 15) is 13.6 Å². The highest BCUT2D eigenvalue weighted by atomic mass is 19.2. The van der Waals surface area contributed by atoms with Gasteiger partial charge in [-0.2, -0.15) is 0 Å². The molecule has 1 aromatic carbocycles. The Morgan fingerprint density at radius 2 is 1.73 bits per heavy atom. The molecule has 0 unspecified atom stereocenters. The van der Waals surface area contributed by atoms with Gasteiger partial charge < -0.3 is 10.6 Å². The van der Waals surface area contributed by atoms with Gasteiger partial charge in [-0.3, -0.25) is 4.79 Å². The quantitative estimate of drug-likeness (QED) is 0.913. The highest BCUT2D eigenvalue weighted by molar-refractivity contribution is 6.03. The van der Waals surface area contributed by atoms with Crippen molar-refractivity contribution >= 4 is 17.5 Å². The largest absolute Gasteiger partial charge is 0.350 e. The topological polar surface area (TPSA) is 66.9 Å². The standard InChI is InChI=1S/C15H16F2N4O/c1-15(2,3)21-14-18-7-9(8-19-14)13(22)20-10-4-5-11(16)12(17)6-10/h4-8H,1-3H3,(H,20,22)(H,18,19,21). The van der Waals surface area contributed by atoms with E-state index in [2.05, 4.69) is 20.6 Å². The molecule has 22 heavy (non-hydrogen) atoms. The molecule has 116 valence electrons. The second-order valence-electron chi connectivity index (χ2n) is 5.75. The lowest BCUT2D eigenvalue weighted by Crippen LogP contribution is -2.27. The van der Waals surface area contributed by atoms with Crippen LogP contribution < -0.4 is 10.6 Å². The highest BCUT2D eigenvalue weighted by Crippen LogP contribution is 2.14. The van der Waals surface area contributed by atoms with E-state index >= 15 is 0 Å². The molecular formula is C15H16F2N4O. The molecule has 5 nitrogen and oxygen atoms in total. The molecule has 1 amide bonds. The number of aromatic nitrogens is 2. The monoisotopic (exact) mass is 306 g/mol. The Morgan fingerprint density at radius 3 is 2.27 bits per heavy atom. The van der Waals surface area contributed by atoms with E-state index in [0.29, 0.717) is 5.95 Å². The lowest BCUT2D eigenvalue weighted by molar-refractivity contribution is 0.102. The van der Waals surface area contributed by atoms with Crippen LogP contribution in [0.3, 0.4) is 0 Å². The number of nitrogens with zero attached hydrogens (tertiary/aromatic N) is 2. The van der Waals surface area contributed by atoms with E-state index in [-0.39, 0.29) is 16.8 Å². The lowest BCUT2D eigenvalue weighted by Gasteiger charge is -2.20. The van der Waals surface area contributed by atoms with E-state index in [0.717, 1.165) is 12.1 Å². The molecule has 0 saturated heterocycles. The minimum atomic E-state index is -1.03. The minimum absolute atomic E-state index is 0.154. The van der Waals surface area contributed by atoms with Crippen molar-refractivity contribution in [1.82, 2.24) is 9.97 Å². The Morgan fingerprint density at radius 1 is 1.09 bits per heavy atom. The number of halogens is 2. The number of carbonyl (C=O) groups excluding carboxylic acids is 1. The van der Waals surface area contributed by atoms with Crippen LogP contribution in [0.25, 0.3) is 0 Å². The van der Waals surface area contributed by atoms with Crippen molar-refractivity contribution in [2.45, 2.75) is 26.3 Å². The van der Waals surface area contributed by atoms with Gasteiger partial charge in [0, 0.05) is 29.7 Å². The smallest absolute Gasteiger partial charge is 0.258 e. The van der Waals surface area contributed by atoms with Crippen molar-refractivity contribution < 1.29 is 13.6 Å². The average Bonchev–Trinajstić information content (AvgIpc) is 2.42. The van der Waals surface area contributed by atoms with Gasteiger partial charge in [-0.05, 0) is 32.9 Å². The summed E-state index contributed by atoms with van der Waals surface area (Å²) in [7, 11) is 0. The summed E-state index contributed by atoms with van der Waals surface area (Å²) in [5.41, 5.74) is 0.167. The number of carbonyl (C=O) groups is 1. The molecule has 0 aliphatic heterocycles. The number of benzene rings is 1. The molecule has 0 radical (unpaired) electrons. The molecule has 2 aromatic rings. The molecule has 2 N–H and O–H groups in total. The number of hydrogen-bond acceptors (Lipinski definition) is 4. The maximum atomic E-state index is 13.1. The highest BCUT2D eigenvalue weighted by Gasteiger charge is 2.13. The molecule has 0 saturated carbocycles. The van der Waals surface area contributed by atoms with Gasteiger partial charge in [0.1, 0.15) is 0 Å². The van der Waals surface area contributed by atoms with Crippen molar-refractivity contribution in [1.29, 1.82) is 0 Å². The number of nitrogens with one attached hydrogen (secondary N) is 2. The predicted octanol–water partition coefficient (Wildman–Crippen LogP) is 3.22. The number of hydrogen-bond donors (Lipinski definition) is 2. The van der Waals surface area contributed by atoms with Gasteiger partial charge in [-0.25, -0.2) is 18.7 Å².